The smallest absolute Gasteiger partial charge is 0.348 e. The van der Waals surface area contributed by atoms with E-state index >= 15 is 0 Å². The molecule has 2 aromatic carbocycles. The fourth-order valence-corrected chi connectivity index (χ4v) is 2.49. The van der Waals surface area contributed by atoms with Crippen LogP contribution in [0.15, 0.2) is 66.1 Å². The highest BCUT2D eigenvalue weighted by molar-refractivity contribution is 6.20. The summed E-state index contributed by atoms with van der Waals surface area (Å²) in [7, 11) is 0. The van der Waals surface area contributed by atoms with E-state index in [-0.39, 0.29) is 23.6 Å². The van der Waals surface area contributed by atoms with E-state index in [0.29, 0.717) is 5.69 Å². The van der Waals surface area contributed by atoms with Crippen LogP contribution in [0, 0.1) is 5.82 Å². The molecule has 6 nitrogen and oxygen atoms in total. The van der Waals surface area contributed by atoms with Gasteiger partial charge in [0.05, 0.1) is 0 Å². The van der Waals surface area contributed by atoms with E-state index in [1.54, 1.807) is 24.3 Å². The minimum absolute atomic E-state index is 0.0161. The number of ketones is 2. The van der Waals surface area contributed by atoms with Gasteiger partial charge in [0.1, 0.15) is 5.82 Å². The Labute approximate surface area is 154 Å². The average Bonchev–Trinajstić information content (AvgIpc) is 3.02. The molecule has 3 rings (SSSR count). The van der Waals surface area contributed by atoms with Crippen LogP contribution in [0.4, 0.5) is 10.1 Å². The zero-order chi connectivity index (χ0) is 19.4. The quantitative estimate of drug-likeness (QED) is 0.479. The monoisotopic (exact) mass is 369 g/mol. The van der Waals surface area contributed by atoms with Crippen molar-refractivity contribution in [3.8, 4) is 0 Å². The van der Waals surface area contributed by atoms with Crippen molar-refractivity contribution in [3.63, 3.8) is 0 Å². The number of hydrogen-bond donors (Lipinski definition) is 1. The van der Waals surface area contributed by atoms with Crippen LogP contribution in [0.25, 0.3) is 0 Å². The van der Waals surface area contributed by atoms with Crippen molar-refractivity contribution >= 4 is 23.2 Å². The van der Waals surface area contributed by atoms with Crippen LogP contribution in [-0.4, -0.2) is 30.2 Å². The average molecular weight is 369 g/mol. The van der Waals surface area contributed by atoms with Crippen LogP contribution in [-0.2, 0) is 19.1 Å². The Balaban J connectivity index is 1.74. The van der Waals surface area contributed by atoms with Gasteiger partial charge < -0.3 is 14.8 Å². The number of anilines is 1. The maximum absolute atomic E-state index is 13.0. The highest BCUT2D eigenvalue weighted by atomic mass is 19.1. The summed E-state index contributed by atoms with van der Waals surface area (Å²) < 4.78 is 23.3. The zero-order valence-corrected chi connectivity index (χ0v) is 14.4. The number of rotatable bonds is 6. The predicted octanol–water partition coefficient (Wildman–Crippen LogP) is 2.86. The van der Waals surface area contributed by atoms with Crippen molar-refractivity contribution in [1.82, 2.24) is 0 Å². The summed E-state index contributed by atoms with van der Waals surface area (Å²) in [6, 6.07) is 13.7. The number of esters is 1. The number of carbonyl (C=O) groups is 3. The molecule has 138 valence electrons. The van der Waals surface area contributed by atoms with Crippen molar-refractivity contribution < 1.29 is 28.2 Å². The van der Waals surface area contributed by atoms with Gasteiger partial charge >= 0.3 is 5.97 Å². The molecule has 1 N–H and O–H groups in total. The lowest BCUT2D eigenvalue weighted by atomic mass is 10.1. The Kier molecular flexibility index (Phi) is 5.30. The number of benzene rings is 2. The van der Waals surface area contributed by atoms with Gasteiger partial charge in [-0.1, -0.05) is 18.2 Å². The van der Waals surface area contributed by atoms with E-state index in [2.05, 4.69) is 5.32 Å². The molecule has 0 saturated heterocycles. The Morgan fingerprint density at radius 1 is 1.11 bits per heavy atom. The summed E-state index contributed by atoms with van der Waals surface area (Å²) in [4.78, 5) is 36.8. The first kappa shape index (κ1) is 18.3. The summed E-state index contributed by atoms with van der Waals surface area (Å²) in [5.41, 5.74) is 0.544. The number of halogens is 1. The van der Waals surface area contributed by atoms with Gasteiger partial charge in [0.25, 0.3) is 0 Å². The van der Waals surface area contributed by atoms with E-state index in [1.807, 2.05) is 6.07 Å². The second kappa shape index (κ2) is 7.82. The van der Waals surface area contributed by atoms with Gasteiger partial charge in [-0.25, -0.2) is 9.18 Å². The number of nitrogens with one attached hydrogen (secondary N) is 1. The molecule has 0 spiro atoms. The largest absolute Gasteiger partial charge is 0.470 e. The van der Waals surface area contributed by atoms with Crippen LogP contribution in [0.1, 0.15) is 17.3 Å². The van der Waals surface area contributed by atoms with Crippen molar-refractivity contribution in [2.24, 2.45) is 0 Å². The molecule has 0 fully saturated rings. The van der Waals surface area contributed by atoms with Gasteiger partial charge in [0.2, 0.25) is 17.4 Å². The number of Topliss-reactive ketones (excluding diaryl/α,β-unsaturated/α-hetero) is 2. The molecule has 1 atom stereocenters. The SMILES string of the molecule is C[C@H](OC(=O)C1=C(Nc2ccccc2)OCC1=O)C(=O)c1ccc(F)cc1. The standard InChI is InChI=1S/C20H16FNO5/c1-12(18(24)13-7-9-14(21)10-8-13)27-20(25)17-16(23)11-26-19(17)22-15-5-3-2-4-6-15/h2-10,12,22H,11H2,1H3/t12-/m0/s1. The van der Waals surface area contributed by atoms with E-state index in [4.69, 9.17) is 9.47 Å². The molecule has 1 heterocycles. The Bertz CT molecular complexity index is 906. The minimum atomic E-state index is -1.15. The van der Waals surface area contributed by atoms with Gasteiger partial charge in [0.15, 0.2) is 18.3 Å². The van der Waals surface area contributed by atoms with Crippen molar-refractivity contribution in [3.05, 3.63) is 77.4 Å². The number of carbonyl (C=O) groups excluding carboxylic acids is 3. The summed E-state index contributed by atoms with van der Waals surface area (Å²) in [5.74, 6) is -2.50. The van der Waals surface area contributed by atoms with Gasteiger partial charge in [-0.3, -0.25) is 9.59 Å². The summed E-state index contributed by atoms with van der Waals surface area (Å²) in [6.07, 6.45) is -1.15. The molecule has 27 heavy (non-hydrogen) atoms. The van der Waals surface area contributed by atoms with E-state index in [0.717, 1.165) is 12.1 Å². The lowest BCUT2D eigenvalue weighted by Crippen LogP contribution is -2.27. The van der Waals surface area contributed by atoms with Crippen LogP contribution in [0.2, 0.25) is 0 Å². The predicted molar refractivity (Wildman–Crippen MR) is 94.3 cm³/mol. The zero-order valence-electron chi connectivity index (χ0n) is 14.4. The number of hydrogen-bond acceptors (Lipinski definition) is 6. The van der Waals surface area contributed by atoms with Crippen molar-refractivity contribution in [2.75, 3.05) is 11.9 Å². The van der Waals surface area contributed by atoms with Gasteiger partial charge in [0, 0.05) is 11.3 Å². The molecule has 7 heteroatoms. The summed E-state index contributed by atoms with van der Waals surface area (Å²) in [5, 5.41) is 2.85. The Morgan fingerprint density at radius 3 is 2.44 bits per heavy atom. The molecule has 0 amide bonds. The maximum Gasteiger partial charge on any atom is 0.348 e. The first-order chi connectivity index (χ1) is 13.0. The third-order valence-electron chi connectivity index (χ3n) is 3.87. The fourth-order valence-electron chi connectivity index (χ4n) is 2.49. The molecule has 1 aliphatic rings. The molecular weight excluding hydrogens is 353 g/mol. The molecular formula is C20H16FNO5. The highest BCUT2D eigenvalue weighted by Gasteiger charge is 2.34. The van der Waals surface area contributed by atoms with Gasteiger partial charge in [-0.2, -0.15) is 0 Å². The molecule has 0 radical (unpaired) electrons. The molecule has 0 aromatic heterocycles. The third kappa shape index (κ3) is 4.20. The van der Waals surface area contributed by atoms with Crippen LogP contribution < -0.4 is 5.32 Å². The fraction of sp³-hybridized carbons (Fsp3) is 0.150. The Morgan fingerprint density at radius 2 is 1.78 bits per heavy atom. The molecule has 0 saturated carbocycles. The lowest BCUT2D eigenvalue weighted by Gasteiger charge is -2.13. The number of ether oxygens (including phenoxy) is 2. The van der Waals surface area contributed by atoms with Gasteiger partial charge in [-0.05, 0) is 43.3 Å². The van der Waals surface area contributed by atoms with Crippen LogP contribution in [0.5, 0.6) is 0 Å². The molecule has 2 aromatic rings. The molecule has 0 aliphatic carbocycles. The van der Waals surface area contributed by atoms with Crippen LogP contribution in [0.3, 0.4) is 0 Å². The van der Waals surface area contributed by atoms with E-state index < -0.39 is 29.5 Å². The first-order valence-corrected chi connectivity index (χ1v) is 8.19. The highest BCUT2D eigenvalue weighted by Crippen LogP contribution is 2.21. The topological polar surface area (TPSA) is 81.7 Å². The summed E-state index contributed by atoms with van der Waals surface area (Å²) >= 11 is 0. The molecule has 1 aliphatic heterocycles. The third-order valence-corrected chi connectivity index (χ3v) is 3.87. The van der Waals surface area contributed by atoms with Crippen molar-refractivity contribution in [2.45, 2.75) is 13.0 Å². The lowest BCUT2D eigenvalue weighted by molar-refractivity contribution is -0.142. The van der Waals surface area contributed by atoms with E-state index in [1.165, 1.54) is 19.1 Å². The maximum atomic E-state index is 13.0. The second-order valence-electron chi connectivity index (χ2n) is 5.83. The van der Waals surface area contributed by atoms with E-state index in [9.17, 15) is 18.8 Å². The minimum Gasteiger partial charge on any atom is -0.470 e. The molecule has 0 bridgehead atoms. The second-order valence-corrected chi connectivity index (χ2v) is 5.83. The van der Waals surface area contributed by atoms with Crippen LogP contribution >= 0.6 is 0 Å². The molecule has 0 unspecified atom stereocenters. The first-order valence-electron chi connectivity index (χ1n) is 8.19. The van der Waals surface area contributed by atoms with Crippen molar-refractivity contribution in [1.29, 1.82) is 0 Å². The summed E-state index contributed by atoms with van der Waals surface area (Å²) in [6.45, 7) is 1.09. The Hall–Kier alpha value is -3.48. The van der Waals surface area contributed by atoms with Gasteiger partial charge in [-0.15, -0.1) is 0 Å². The normalized spacial score (nSPS) is 14.5. The number of para-hydroxylation sites is 1.